The number of hydrogen-bond acceptors (Lipinski definition) is 5. The summed E-state index contributed by atoms with van der Waals surface area (Å²) in [6.45, 7) is 1.71. The molecule has 0 spiro atoms. The van der Waals surface area contributed by atoms with Crippen LogP contribution in [-0.4, -0.2) is 41.8 Å². The monoisotopic (exact) mass is 378 g/mol. The minimum absolute atomic E-state index is 0.349. The van der Waals surface area contributed by atoms with Gasteiger partial charge in [-0.2, -0.15) is 0 Å². The van der Waals surface area contributed by atoms with Crippen molar-refractivity contribution in [1.29, 1.82) is 0 Å². The number of anilines is 2. The molecule has 2 aromatic carbocycles. The van der Waals surface area contributed by atoms with Crippen molar-refractivity contribution in [2.75, 3.05) is 37.1 Å². The first-order valence-corrected chi connectivity index (χ1v) is 9.60. The average Bonchev–Trinajstić information content (AvgIpc) is 2.60. The van der Waals surface area contributed by atoms with Crippen molar-refractivity contribution < 1.29 is 22.7 Å². The van der Waals surface area contributed by atoms with Crippen molar-refractivity contribution in [3.63, 3.8) is 0 Å². The van der Waals surface area contributed by atoms with Gasteiger partial charge in [0.05, 0.1) is 26.2 Å². The fourth-order valence-electron chi connectivity index (χ4n) is 2.50. The second-order valence-corrected chi connectivity index (χ2v) is 7.72. The molecule has 0 aliphatic carbocycles. The molecule has 0 aromatic heterocycles. The number of carbonyl (C=O) groups excluding carboxylic acids is 1. The van der Waals surface area contributed by atoms with Crippen LogP contribution in [0, 0.1) is 6.92 Å². The predicted octanol–water partition coefficient (Wildman–Crippen LogP) is 2.66. The van der Waals surface area contributed by atoms with Gasteiger partial charge >= 0.3 is 0 Å². The first kappa shape index (κ1) is 19.6. The molecular weight excluding hydrogens is 356 g/mol. The molecule has 7 nitrogen and oxygen atoms in total. The number of benzene rings is 2. The SMILES string of the molecule is COc1ccc(NC(=O)c2cccc(N(C)S(C)(=O)=O)c2C)cc1OC. The zero-order valence-corrected chi connectivity index (χ0v) is 16.2. The summed E-state index contributed by atoms with van der Waals surface area (Å²) in [5.41, 5.74) is 1.94. The highest BCUT2D eigenvalue weighted by Gasteiger charge is 2.19. The summed E-state index contributed by atoms with van der Waals surface area (Å²) < 4.78 is 35.1. The van der Waals surface area contributed by atoms with Gasteiger partial charge in [-0.1, -0.05) is 6.07 Å². The number of nitrogens with one attached hydrogen (secondary N) is 1. The van der Waals surface area contributed by atoms with Gasteiger partial charge in [-0.15, -0.1) is 0 Å². The van der Waals surface area contributed by atoms with E-state index in [9.17, 15) is 13.2 Å². The zero-order valence-electron chi connectivity index (χ0n) is 15.4. The molecule has 0 radical (unpaired) electrons. The zero-order chi connectivity index (χ0) is 19.5. The third-order valence-corrected chi connectivity index (χ3v) is 5.22. The van der Waals surface area contributed by atoms with Crippen LogP contribution in [0.5, 0.6) is 11.5 Å². The van der Waals surface area contributed by atoms with Crippen LogP contribution in [0.4, 0.5) is 11.4 Å². The van der Waals surface area contributed by atoms with Crippen molar-refractivity contribution >= 4 is 27.3 Å². The third kappa shape index (κ3) is 4.08. The number of methoxy groups -OCH3 is 2. The summed E-state index contributed by atoms with van der Waals surface area (Å²) in [7, 11) is 1.07. The Labute approximate surface area is 153 Å². The van der Waals surface area contributed by atoms with Crippen LogP contribution in [-0.2, 0) is 10.0 Å². The number of nitrogens with zero attached hydrogens (tertiary/aromatic N) is 1. The van der Waals surface area contributed by atoms with E-state index in [1.165, 1.54) is 21.3 Å². The Morgan fingerprint density at radius 1 is 1.08 bits per heavy atom. The second kappa shape index (κ2) is 7.65. The normalized spacial score (nSPS) is 11.0. The Morgan fingerprint density at radius 2 is 1.73 bits per heavy atom. The minimum Gasteiger partial charge on any atom is -0.493 e. The summed E-state index contributed by atoms with van der Waals surface area (Å²) in [5.74, 6) is 0.699. The van der Waals surface area contributed by atoms with Gasteiger partial charge in [0.1, 0.15) is 0 Å². The maximum absolute atomic E-state index is 12.7. The molecule has 0 aliphatic heterocycles. The van der Waals surface area contributed by atoms with E-state index in [2.05, 4.69) is 5.32 Å². The molecule has 8 heteroatoms. The van der Waals surface area contributed by atoms with Crippen LogP contribution in [0.2, 0.25) is 0 Å². The summed E-state index contributed by atoms with van der Waals surface area (Å²) in [6, 6.07) is 9.98. The quantitative estimate of drug-likeness (QED) is 0.835. The summed E-state index contributed by atoms with van der Waals surface area (Å²) in [5, 5.41) is 2.79. The molecular formula is C18H22N2O5S. The molecule has 0 aliphatic rings. The number of sulfonamides is 1. The lowest BCUT2D eigenvalue weighted by Crippen LogP contribution is -2.26. The number of ether oxygens (including phenoxy) is 2. The van der Waals surface area contributed by atoms with Crippen LogP contribution in [0.1, 0.15) is 15.9 Å². The highest BCUT2D eigenvalue weighted by molar-refractivity contribution is 7.92. The molecule has 140 valence electrons. The number of hydrogen-bond donors (Lipinski definition) is 1. The minimum atomic E-state index is -3.43. The lowest BCUT2D eigenvalue weighted by molar-refractivity contribution is 0.102. The van der Waals surface area contributed by atoms with E-state index in [-0.39, 0.29) is 5.91 Å². The fraction of sp³-hybridized carbons (Fsp3) is 0.278. The molecule has 2 rings (SSSR count). The van der Waals surface area contributed by atoms with Gasteiger partial charge in [-0.25, -0.2) is 8.42 Å². The van der Waals surface area contributed by atoms with E-state index in [1.807, 2.05) is 0 Å². The van der Waals surface area contributed by atoms with Gasteiger partial charge in [0.25, 0.3) is 5.91 Å². The van der Waals surface area contributed by atoms with Gasteiger partial charge in [-0.05, 0) is 36.8 Å². The maximum Gasteiger partial charge on any atom is 0.256 e. The molecule has 0 saturated carbocycles. The van der Waals surface area contributed by atoms with Crippen LogP contribution < -0.4 is 19.1 Å². The van der Waals surface area contributed by atoms with Crippen LogP contribution in [0.3, 0.4) is 0 Å². The van der Waals surface area contributed by atoms with E-state index in [1.54, 1.807) is 43.3 Å². The lowest BCUT2D eigenvalue weighted by atomic mass is 10.1. The molecule has 0 atom stereocenters. The topological polar surface area (TPSA) is 84.9 Å². The molecule has 2 aromatic rings. The third-order valence-electron chi connectivity index (χ3n) is 4.03. The van der Waals surface area contributed by atoms with Crippen molar-refractivity contribution in [2.24, 2.45) is 0 Å². The smallest absolute Gasteiger partial charge is 0.256 e. The average molecular weight is 378 g/mol. The van der Waals surface area contributed by atoms with Crippen LogP contribution in [0.15, 0.2) is 36.4 Å². The van der Waals surface area contributed by atoms with Gasteiger partial charge in [0.2, 0.25) is 10.0 Å². The lowest BCUT2D eigenvalue weighted by Gasteiger charge is -2.20. The summed E-state index contributed by atoms with van der Waals surface area (Å²) >= 11 is 0. The standard InChI is InChI=1S/C18H22N2O5S/c1-12-14(7-6-8-15(12)20(2)26(5,22)23)18(21)19-13-9-10-16(24-3)17(11-13)25-4/h6-11H,1-5H3,(H,19,21). The number of rotatable bonds is 6. The highest BCUT2D eigenvalue weighted by atomic mass is 32.2. The van der Waals surface area contributed by atoms with Crippen molar-refractivity contribution in [3.05, 3.63) is 47.5 Å². The van der Waals surface area contributed by atoms with E-state index in [0.717, 1.165) is 10.6 Å². The maximum atomic E-state index is 12.7. The van der Waals surface area contributed by atoms with Crippen molar-refractivity contribution in [2.45, 2.75) is 6.92 Å². The van der Waals surface area contributed by atoms with E-state index in [0.29, 0.717) is 34.0 Å². The molecule has 1 amide bonds. The Hall–Kier alpha value is -2.74. The Kier molecular flexibility index (Phi) is 5.76. The van der Waals surface area contributed by atoms with Gasteiger partial charge in [0.15, 0.2) is 11.5 Å². The summed E-state index contributed by atoms with van der Waals surface area (Å²) in [4.78, 5) is 12.7. The van der Waals surface area contributed by atoms with E-state index in [4.69, 9.17) is 9.47 Å². The largest absolute Gasteiger partial charge is 0.493 e. The molecule has 0 heterocycles. The molecule has 0 unspecified atom stereocenters. The Morgan fingerprint density at radius 3 is 2.31 bits per heavy atom. The van der Waals surface area contributed by atoms with Crippen LogP contribution >= 0.6 is 0 Å². The highest BCUT2D eigenvalue weighted by Crippen LogP contribution is 2.30. The molecule has 26 heavy (non-hydrogen) atoms. The van der Waals surface area contributed by atoms with Crippen molar-refractivity contribution in [3.8, 4) is 11.5 Å². The van der Waals surface area contributed by atoms with Gasteiger partial charge < -0.3 is 14.8 Å². The molecule has 0 saturated heterocycles. The first-order chi connectivity index (χ1) is 12.2. The summed E-state index contributed by atoms with van der Waals surface area (Å²) in [6.07, 6.45) is 1.11. The predicted molar refractivity (Wildman–Crippen MR) is 102 cm³/mol. The number of carbonyl (C=O) groups is 1. The second-order valence-electron chi connectivity index (χ2n) is 5.70. The number of amides is 1. The molecule has 0 fully saturated rings. The molecule has 0 bridgehead atoms. The fourth-order valence-corrected chi connectivity index (χ4v) is 3.06. The van der Waals surface area contributed by atoms with Crippen LogP contribution in [0.25, 0.3) is 0 Å². The molecule has 1 N–H and O–H groups in total. The first-order valence-electron chi connectivity index (χ1n) is 7.76. The van der Waals surface area contributed by atoms with Gasteiger partial charge in [-0.3, -0.25) is 9.10 Å². The van der Waals surface area contributed by atoms with E-state index >= 15 is 0 Å². The Balaban J connectivity index is 2.34. The Bertz CT molecular complexity index is 925. The van der Waals surface area contributed by atoms with Crippen molar-refractivity contribution in [1.82, 2.24) is 0 Å². The van der Waals surface area contributed by atoms with Gasteiger partial charge in [0, 0.05) is 24.4 Å². The van der Waals surface area contributed by atoms with E-state index < -0.39 is 10.0 Å².